The van der Waals surface area contributed by atoms with Crippen LogP contribution in [0.5, 0.6) is 5.75 Å². The van der Waals surface area contributed by atoms with E-state index in [2.05, 4.69) is 15.3 Å². The monoisotopic (exact) mass is 400 g/mol. The van der Waals surface area contributed by atoms with Crippen LogP contribution in [0.3, 0.4) is 0 Å². The van der Waals surface area contributed by atoms with Gasteiger partial charge in [-0.3, -0.25) is 0 Å². The maximum absolute atomic E-state index is 11.4. The molecule has 0 unspecified atom stereocenters. The largest absolute Gasteiger partial charge is 0.497 e. The van der Waals surface area contributed by atoms with Crippen molar-refractivity contribution in [3.63, 3.8) is 0 Å². The number of nitrogens with zero attached hydrogens (tertiary/aromatic N) is 3. The van der Waals surface area contributed by atoms with Gasteiger partial charge in [-0.15, -0.1) is 0 Å². The Labute approximate surface area is 163 Å². The van der Waals surface area contributed by atoms with Gasteiger partial charge < -0.3 is 20.7 Å². The lowest BCUT2D eigenvalue weighted by Crippen LogP contribution is -2.14. The summed E-state index contributed by atoms with van der Waals surface area (Å²) in [4.78, 5) is 10.5. The number of hydrogen-bond donors (Lipinski definition) is 3. The number of nitrogens with two attached hydrogens (primary N) is 2. The third kappa shape index (κ3) is 4.30. The maximum atomic E-state index is 11.4. The van der Waals surface area contributed by atoms with Gasteiger partial charge in [-0.05, 0) is 36.4 Å². The van der Waals surface area contributed by atoms with E-state index in [-0.39, 0.29) is 4.90 Å². The molecule has 1 aromatic heterocycles. The van der Waals surface area contributed by atoms with E-state index in [9.17, 15) is 8.42 Å². The Morgan fingerprint density at radius 2 is 1.86 bits per heavy atom. The molecule has 0 saturated heterocycles. The average molecular weight is 400 g/mol. The Balaban J connectivity index is 1.87. The SMILES string of the molecule is COc1cccc(N(C)c2ncc(N)c(Nc3ccc(S(N)(=O)=O)cc3)n2)c1. The molecule has 0 aliphatic heterocycles. The number of hydrogen-bond acceptors (Lipinski definition) is 8. The quantitative estimate of drug-likeness (QED) is 0.573. The highest BCUT2D eigenvalue weighted by atomic mass is 32.2. The van der Waals surface area contributed by atoms with E-state index in [1.165, 1.54) is 18.3 Å². The Hall–Kier alpha value is -3.37. The Bertz CT molecular complexity index is 1090. The van der Waals surface area contributed by atoms with Crippen LogP contribution in [0.1, 0.15) is 0 Å². The molecule has 0 amide bonds. The van der Waals surface area contributed by atoms with E-state index >= 15 is 0 Å². The van der Waals surface area contributed by atoms with Gasteiger partial charge in [0.15, 0.2) is 5.82 Å². The molecule has 10 heteroatoms. The molecule has 0 spiro atoms. The zero-order valence-corrected chi connectivity index (χ0v) is 16.1. The normalized spacial score (nSPS) is 11.1. The summed E-state index contributed by atoms with van der Waals surface area (Å²) >= 11 is 0. The van der Waals surface area contributed by atoms with Crippen molar-refractivity contribution in [3.8, 4) is 5.75 Å². The minimum atomic E-state index is -3.75. The molecule has 0 bridgehead atoms. The van der Waals surface area contributed by atoms with Gasteiger partial charge in [0, 0.05) is 24.5 Å². The summed E-state index contributed by atoms with van der Waals surface area (Å²) in [6, 6.07) is 13.4. The summed E-state index contributed by atoms with van der Waals surface area (Å²) in [7, 11) is -0.326. The molecular formula is C18H20N6O3S. The molecule has 0 aliphatic rings. The summed E-state index contributed by atoms with van der Waals surface area (Å²) in [5, 5.41) is 8.17. The fourth-order valence-electron chi connectivity index (χ4n) is 2.44. The molecule has 0 aliphatic carbocycles. The molecule has 0 radical (unpaired) electrons. The minimum absolute atomic E-state index is 0.0205. The number of nitrogens with one attached hydrogen (secondary N) is 1. The van der Waals surface area contributed by atoms with Gasteiger partial charge >= 0.3 is 0 Å². The van der Waals surface area contributed by atoms with E-state index in [1.807, 2.05) is 31.3 Å². The molecule has 0 saturated carbocycles. The van der Waals surface area contributed by atoms with Crippen LogP contribution < -0.4 is 25.8 Å². The topological polar surface area (TPSA) is 136 Å². The smallest absolute Gasteiger partial charge is 0.238 e. The number of methoxy groups -OCH3 is 1. The predicted octanol–water partition coefficient (Wildman–Crippen LogP) is 2.23. The van der Waals surface area contributed by atoms with Crippen molar-refractivity contribution in [2.45, 2.75) is 4.90 Å². The van der Waals surface area contributed by atoms with Gasteiger partial charge in [-0.1, -0.05) is 6.07 Å². The van der Waals surface area contributed by atoms with Gasteiger partial charge in [-0.2, -0.15) is 4.98 Å². The minimum Gasteiger partial charge on any atom is -0.497 e. The predicted molar refractivity (Wildman–Crippen MR) is 109 cm³/mol. The summed E-state index contributed by atoms with van der Waals surface area (Å²) in [5.41, 5.74) is 7.77. The van der Waals surface area contributed by atoms with E-state index in [0.717, 1.165) is 5.69 Å². The van der Waals surface area contributed by atoms with Crippen molar-refractivity contribution in [2.24, 2.45) is 5.14 Å². The first kappa shape index (κ1) is 19.4. The summed E-state index contributed by atoms with van der Waals surface area (Å²) in [5.74, 6) is 1.53. The lowest BCUT2D eigenvalue weighted by Gasteiger charge is -2.19. The summed E-state index contributed by atoms with van der Waals surface area (Å²) in [6.45, 7) is 0. The molecule has 2 aromatic carbocycles. The third-order valence-corrected chi connectivity index (χ3v) is 4.92. The lowest BCUT2D eigenvalue weighted by molar-refractivity contribution is 0.415. The second-order valence-electron chi connectivity index (χ2n) is 5.93. The summed E-state index contributed by atoms with van der Waals surface area (Å²) < 4.78 is 28.0. The van der Waals surface area contributed by atoms with Gasteiger partial charge in [0.1, 0.15) is 5.75 Å². The van der Waals surface area contributed by atoms with Crippen LogP contribution in [0.2, 0.25) is 0 Å². The first-order chi connectivity index (χ1) is 13.3. The van der Waals surface area contributed by atoms with Crippen LogP contribution in [-0.4, -0.2) is 32.5 Å². The first-order valence-corrected chi connectivity index (χ1v) is 9.73. The molecule has 0 atom stereocenters. The van der Waals surface area contributed by atoms with Crippen molar-refractivity contribution >= 4 is 38.9 Å². The molecule has 3 aromatic rings. The van der Waals surface area contributed by atoms with Crippen molar-refractivity contribution in [2.75, 3.05) is 30.1 Å². The maximum Gasteiger partial charge on any atom is 0.238 e. The van der Waals surface area contributed by atoms with Crippen LogP contribution in [-0.2, 0) is 10.0 Å². The van der Waals surface area contributed by atoms with Gasteiger partial charge in [-0.25, -0.2) is 18.5 Å². The number of primary sulfonamides is 1. The highest BCUT2D eigenvalue weighted by Gasteiger charge is 2.12. The summed E-state index contributed by atoms with van der Waals surface area (Å²) in [6.07, 6.45) is 1.50. The molecule has 3 rings (SSSR count). The number of ether oxygens (including phenoxy) is 1. The molecular weight excluding hydrogens is 380 g/mol. The fraction of sp³-hybridized carbons (Fsp3) is 0.111. The Kier molecular flexibility index (Phi) is 5.34. The van der Waals surface area contributed by atoms with E-state index < -0.39 is 10.0 Å². The average Bonchev–Trinajstić information content (AvgIpc) is 2.69. The van der Waals surface area contributed by atoms with Crippen molar-refractivity contribution in [3.05, 3.63) is 54.7 Å². The Morgan fingerprint density at radius 1 is 1.14 bits per heavy atom. The van der Waals surface area contributed by atoms with Crippen LogP contribution in [0.15, 0.2) is 59.6 Å². The fourth-order valence-corrected chi connectivity index (χ4v) is 2.96. The zero-order valence-electron chi connectivity index (χ0n) is 15.3. The molecule has 0 fully saturated rings. The van der Waals surface area contributed by atoms with Gasteiger partial charge in [0.25, 0.3) is 0 Å². The molecule has 1 heterocycles. The van der Waals surface area contributed by atoms with Crippen LogP contribution in [0, 0.1) is 0 Å². The lowest BCUT2D eigenvalue weighted by atomic mass is 10.3. The standard InChI is InChI=1S/C18H20N6O3S/c1-24(13-4-3-5-14(10-13)27-2)18-21-11-16(19)17(23-18)22-12-6-8-15(9-7-12)28(20,25)26/h3-11H,19H2,1-2H3,(H2,20,25,26)(H,21,22,23). The van der Waals surface area contributed by atoms with Crippen LogP contribution in [0.4, 0.5) is 28.8 Å². The van der Waals surface area contributed by atoms with E-state index in [4.69, 9.17) is 15.6 Å². The molecule has 28 heavy (non-hydrogen) atoms. The highest BCUT2D eigenvalue weighted by molar-refractivity contribution is 7.89. The van der Waals surface area contributed by atoms with Crippen LogP contribution >= 0.6 is 0 Å². The van der Waals surface area contributed by atoms with Crippen molar-refractivity contribution < 1.29 is 13.2 Å². The highest BCUT2D eigenvalue weighted by Crippen LogP contribution is 2.28. The molecule has 9 nitrogen and oxygen atoms in total. The van der Waals surface area contributed by atoms with E-state index in [1.54, 1.807) is 24.1 Å². The number of benzene rings is 2. The second-order valence-corrected chi connectivity index (χ2v) is 7.49. The van der Waals surface area contributed by atoms with Crippen LogP contribution in [0.25, 0.3) is 0 Å². The number of aromatic nitrogens is 2. The molecule has 146 valence electrons. The number of anilines is 5. The van der Waals surface area contributed by atoms with Gasteiger partial charge in [0.2, 0.25) is 16.0 Å². The van der Waals surface area contributed by atoms with Crippen molar-refractivity contribution in [1.29, 1.82) is 0 Å². The number of rotatable bonds is 6. The van der Waals surface area contributed by atoms with Gasteiger partial charge in [0.05, 0.1) is 23.9 Å². The number of sulfonamides is 1. The number of nitrogen functional groups attached to an aromatic ring is 1. The van der Waals surface area contributed by atoms with E-state index in [0.29, 0.717) is 28.9 Å². The zero-order chi connectivity index (χ0) is 20.3. The first-order valence-electron chi connectivity index (χ1n) is 8.18. The second kappa shape index (κ2) is 7.71. The Morgan fingerprint density at radius 3 is 2.50 bits per heavy atom. The molecule has 5 N–H and O–H groups in total. The van der Waals surface area contributed by atoms with Crippen molar-refractivity contribution in [1.82, 2.24) is 9.97 Å². The third-order valence-electron chi connectivity index (χ3n) is 3.99.